The number of amides is 1. The van der Waals surface area contributed by atoms with Crippen molar-refractivity contribution in [2.45, 2.75) is 16.9 Å². The highest BCUT2D eigenvalue weighted by Gasteiger charge is 2.29. The molecule has 4 aromatic carbocycles. The predicted octanol–water partition coefficient (Wildman–Crippen LogP) is 8.33. The van der Waals surface area contributed by atoms with Gasteiger partial charge < -0.3 is 10.3 Å². The number of fused-ring (bicyclic) bond motifs is 3. The Morgan fingerprint density at radius 1 is 1.00 bits per heavy atom. The van der Waals surface area contributed by atoms with E-state index >= 15 is 0 Å². The molecule has 0 aliphatic heterocycles. The molecule has 36 heavy (non-hydrogen) atoms. The molecule has 0 spiro atoms. The van der Waals surface area contributed by atoms with E-state index in [1.165, 1.54) is 12.1 Å². The number of thioether (sulfide) groups is 1. The number of alkyl halides is 3. The van der Waals surface area contributed by atoms with Gasteiger partial charge in [0.25, 0.3) is 0 Å². The zero-order valence-electron chi connectivity index (χ0n) is 18.4. The number of carbonyl (C=O) groups is 1. The van der Waals surface area contributed by atoms with E-state index in [0.29, 0.717) is 32.9 Å². The molecule has 0 aliphatic carbocycles. The quantitative estimate of drug-likeness (QED) is 0.226. The first kappa shape index (κ1) is 24.6. The van der Waals surface area contributed by atoms with Gasteiger partial charge in [-0.1, -0.05) is 47.5 Å². The zero-order valence-corrected chi connectivity index (χ0v) is 20.7. The van der Waals surface area contributed by atoms with Gasteiger partial charge in [-0.05, 0) is 77.5 Å². The molecule has 5 rings (SSSR count). The number of carbonyl (C=O) groups excluding carboxylic acids is 1. The highest BCUT2D eigenvalue weighted by Crippen LogP contribution is 2.38. The molecule has 181 valence electrons. The number of benzene rings is 4. The van der Waals surface area contributed by atoms with Crippen LogP contribution in [0.3, 0.4) is 0 Å². The molecule has 0 saturated carbocycles. The average Bonchev–Trinajstić information content (AvgIpc) is 3.12. The van der Waals surface area contributed by atoms with Gasteiger partial charge >= 0.3 is 5.51 Å². The van der Waals surface area contributed by atoms with Crippen molar-refractivity contribution in [3.8, 4) is 11.1 Å². The maximum Gasteiger partial charge on any atom is 0.446 e. The van der Waals surface area contributed by atoms with Gasteiger partial charge in [0, 0.05) is 43.4 Å². The van der Waals surface area contributed by atoms with E-state index in [1.807, 2.05) is 22.8 Å². The standard InChI is InChI=1S/C27H16Cl2F3N2OS/c28-17-7-11-19(22(29)13-17)16-6-10-20-24(12-16)34(23-3-1-2-21(25(20)23)26(33)35)14-15-4-8-18(9-5-15)36-27(30,31)32/h1-9,11-13H,14H2,(H2,33,35). The molecule has 0 saturated heterocycles. The maximum absolute atomic E-state index is 12.7. The molecular weight excluding hydrogens is 528 g/mol. The molecule has 2 N–H and O–H groups in total. The highest BCUT2D eigenvalue weighted by atomic mass is 35.5. The Bertz CT molecular complexity index is 1630. The summed E-state index contributed by atoms with van der Waals surface area (Å²) in [6.07, 6.45) is 0. The molecule has 1 amide bonds. The van der Waals surface area contributed by atoms with Crippen LogP contribution in [0.4, 0.5) is 13.2 Å². The van der Waals surface area contributed by atoms with Gasteiger partial charge in [0.2, 0.25) is 5.91 Å². The molecule has 0 aliphatic rings. The van der Waals surface area contributed by atoms with Gasteiger partial charge in [-0.15, -0.1) is 0 Å². The summed E-state index contributed by atoms with van der Waals surface area (Å²) in [6.45, 7) is 0.352. The largest absolute Gasteiger partial charge is 0.446 e. The lowest BCUT2D eigenvalue weighted by Crippen LogP contribution is -2.11. The molecule has 0 fully saturated rings. The van der Waals surface area contributed by atoms with Crippen molar-refractivity contribution in [2.75, 3.05) is 0 Å². The fourth-order valence-corrected chi connectivity index (χ4v) is 5.35. The SMILES string of the molecule is NC(=O)c1cccc2c1c1[c]cc(-c3ccc(Cl)cc3Cl)cc1n2Cc1ccc(SC(F)(F)F)cc1. The molecule has 1 radical (unpaired) electrons. The van der Waals surface area contributed by atoms with Crippen molar-refractivity contribution in [3.05, 3.63) is 100 Å². The number of halogens is 5. The molecule has 0 unspecified atom stereocenters. The lowest BCUT2D eigenvalue weighted by atomic mass is 10.0. The number of hydrogen-bond acceptors (Lipinski definition) is 2. The van der Waals surface area contributed by atoms with Crippen LogP contribution in [-0.4, -0.2) is 16.0 Å². The molecule has 0 bridgehead atoms. The Balaban J connectivity index is 1.68. The van der Waals surface area contributed by atoms with Crippen molar-refractivity contribution in [2.24, 2.45) is 5.73 Å². The number of aromatic nitrogens is 1. The van der Waals surface area contributed by atoms with Gasteiger partial charge in [0.15, 0.2) is 0 Å². The third kappa shape index (κ3) is 4.78. The number of primary amides is 1. The molecule has 1 heterocycles. The van der Waals surface area contributed by atoms with Crippen LogP contribution in [-0.2, 0) is 6.54 Å². The second-order valence-corrected chi connectivity index (χ2v) is 10.1. The summed E-state index contributed by atoms with van der Waals surface area (Å²) in [5, 5.41) is 2.37. The van der Waals surface area contributed by atoms with E-state index in [2.05, 4.69) is 6.07 Å². The van der Waals surface area contributed by atoms with E-state index < -0.39 is 11.4 Å². The van der Waals surface area contributed by atoms with Crippen LogP contribution < -0.4 is 5.73 Å². The van der Waals surface area contributed by atoms with Crippen LogP contribution in [0.2, 0.25) is 10.0 Å². The zero-order chi connectivity index (χ0) is 25.6. The minimum atomic E-state index is -4.35. The summed E-state index contributed by atoms with van der Waals surface area (Å²) in [5.74, 6) is -0.564. The van der Waals surface area contributed by atoms with Crippen molar-refractivity contribution in [3.63, 3.8) is 0 Å². The Kier molecular flexibility index (Phi) is 6.41. The van der Waals surface area contributed by atoms with E-state index in [1.54, 1.807) is 42.5 Å². The van der Waals surface area contributed by atoms with Crippen LogP contribution >= 0.6 is 35.0 Å². The van der Waals surface area contributed by atoms with Gasteiger partial charge in [0.1, 0.15) is 0 Å². The summed E-state index contributed by atoms with van der Waals surface area (Å²) < 4.78 is 40.2. The third-order valence-corrected chi connectivity index (χ3v) is 7.09. The van der Waals surface area contributed by atoms with E-state index in [9.17, 15) is 18.0 Å². The monoisotopic (exact) mass is 543 g/mol. The normalized spacial score (nSPS) is 11.9. The lowest BCUT2D eigenvalue weighted by Gasteiger charge is -2.11. The van der Waals surface area contributed by atoms with E-state index in [-0.39, 0.29) is 16.7 Å². The molecule has 9 heteroatoms. The first-order valence-corrected chi connectivity index (χ1v) is 12.2. The van der Waals surface area contributed by atoms with E-state index in [4.69, 9.17) is 28.9 Å². The fourth-order valence-electron chi connectivity index (χ4n) is 4.29. The first-order chi connectivity index (χ1) is 17.1. The summed E-state index contributed by atoms with van der Waals surface area (Å²) in [7, 11) is 0. The van der Waals surface area contributed by atoms with Crippen molar-refractivity contribution in [1.29, 1.82) is 0 Å². The van der Waals surface area contributed by atoms with Gasteiger partial charge in [-0.3, -0.25) is 4.79 Å². The smallest absolute Gasteiger partial charge is 0.366 e. The van der Waals surface area contributed by atoms with Crippen molar-refractivity contribution >= 4 is 62.7 Å². The Morgan fingerprint density at radius 2 is 1.75 bits per heavy atom. The summed E-state index contributed by atoms with van der Waals surface area (Å²) in [4.78, 5) is 12.3. The molecule has 0 atom stereocenters. The van der Waals surface area contributed by atoms with Crippen molar-refractivity contribution < 1.29 is 18.0 Å². The minimum Gasteiger partial charge on any atom is -0.366 e. The third-order valence-electron chi connectivity index (χ3n) is 5.80. The van der Waals surface area contributed by atoms with Crippen LogP contribution in [0.25, 0.3) is 32.9 Å². The van der Waals surface area contributed by atoms with E-state index in [0.717, 1.165) is 27.7 Å². The fraction of sp³-hybridized carbons (Fsp3) is 0.0741. The maximum atomic E-state index is 12.7. The Morgan fingerprint density at radius 3 is 2.42 bits per heavy atom. The first-order valence-electron chi connectivity index (χ1n) is 10.7. The van der Waals surface area contributed by atoms with Gasteiger partial charge in [-0.2, -0.15) is 13.2 Å². The minimum absolute atomic E-state index is 0.109. The topological polar surface area (TPSA) is 48.0 Å². The van der Waals surface area contributed by atoms with Crippen molar-refractivity contribution in [1.82, 2.24) is 4.57 Å². The molecular formula is C27H16Cl2F3N2OS. The average molecular weight is 544 g/mol. The summed E-state index contributed by atoms with van der Waals surface area (Å²) in [5.41, 5.74) is 5.56. The summed E-state index contributed by atoms with van der Waals surface area (Å²) >= 11 is 12.3. The Labute approximate surface area is 218 Å². The summed E-state index contributed by atoms with van der Waals surface area (Å²) in [6, 6.07) is 23.7. The number of nitrogens with two attached hydrogens (primary N) is 1. The number of nitrogens with zero attached hydrogens (tertiary/aromatic N) is 1. The van der Waals surface area contributed by atoms with Gasteiger partial charge in [-0.25, -0.2) is 0 Å². The van der Waals surface area contributed by atoms with Crippen LogP contribution in [0.1, 0.15) is 15.9 Å². The van der Waals surface area contributed by atoms with Gasteiger partial charge in [0.05, 0.1) is 11.0 Å². The Hall–Kier alpha value is -3.13. The highest BCUT2D eigenvalue weighted by molar-refractivity contribution is 8.00. The molecule has 1 aromatic heterocycles. The second kappa shape index (κ2) is 9.39. The second-order valence-electron chi connectivity index (χ2n) is 8.11. The number of rotatable bonds is 5. The lowest BCUT2D eigenvalue weighted by molar-refractivity contribution is -0.0328. The molecule has 5 aromatic rings. The number of hydrogen-bond donors (Lipinski definition) is 1. The molecule has 3 nitrogen and oxygen atoms in total. The predicted molar refractivity (Wildman–Crippen MR) is 140 cm³/mol. The van der Waals surface area contributed by atoms with Crippen LogP contribution in [0.15, 0.2) is 77.7 Å². The van der Waals surface area contributed by atoms with Crippen LogP contribution in [0.5, 0.6) is 0 Å². The van der Waals surface area contributed by atoms with Crippen LogP contribution in [0, 0.1) is 6.07 Å².